The van der Waals surface area contributed by atoms with Gasteiger partial charge in [-0.3, -0.25) is 10.1 Å². The summed E-state index contributed by atoms with van der Waals surface area (Å²) in [6.07, 6.45) is 0. The molecule has 2 atom stereocenters. The highest BCUT2D eigenvalue weighted by molar-refractivity contribution is 7.99. The SMILES string of the molecule is COc1ccc([C@@H]2N[C@H](C(=O)O)CS2)cc1COc1ccccc1. The molecule has 1 heterocycles. The molecule has 6 heteroatoms. The Morgan fingerprint density at radius 1 is 1.29 bits per heavy atom. The van der Waals surface area contributed by atoms with E-state index in [1.165, 1.54) is 0 Å². The van der Waals surface area contributed by atoms with Gasteiger partial charge < -0.3 is 14.6 Å². The normalized spacial score (nSPS) is 19.9. The standard InChI is InChI=1S/C18H19NO4S/c1-22-16-8-7-12(17-19-15(11-24-17)18(20)21)9-13(16)10-23-14-5-3-2-4-6-14/h2-9,15,17,19H,10-11H2,1H3,(H,20,21)/t15-,17+/m0/s1. The number of rotatable bonds is 6. The van der Waals surface area contributed by atoms with Crippen LogP contribution in [0.5, 0.6) is 11.5 Å². The third kappa shape index (κ3) is 3.83. The van der Waals surface area contributed by atoms with Gasteiger partial charge in [-0.25, -0.2) is 0 Å². The molecule has 3 rings (SSSR count). The molecule has 0 aliphatic carbocycles. The number of carboxylic acid groups (broad SMARTS) is 1. The molecule has 1 aliphatic rings. The smallest absolute Gasteiger partial charge is 0.321 e. The summed E-state index contributed by atoms with van der Waals surface area (Å²) in [7, 11) is 1.63. The Kier molecular flexibility index (Phi) is 5.27. The van der Waals surface area contributed by atoms with E-state index in [1.807, 2.05) is 48.5 Å². The maximum atomic E-state index is 11.1. The highest BCUT2D eigenvalue weighted by Gasteiger charge is 2.30. The largest absolute Gasteiger partial charge is 0.496 e. The minimum Gasteiger partial charge on any atom is -0.496 e. The summed E-state index contributed by atoms with van der Waals surface area (Å²) in [5, 5.41) is 12.2. The van der Waals surface area contributed by atoms with Crippen molar-refractivity contribution < 1.29 is 19.4 Å². The summed E-state index contributed by atoms with van der Waals surface area (Å²) in [6.45, 7) is 0.390. The van der Waals surface area contributed by atoms with Crippen molar-refractivity contribution in [2.24, 2.45) is 0 Å². The van der Waals surface area contributed by atoms with Crippen LogP contribution in [0.3, 0.4) is 0 Å². The molecule has 1 fully saturated rings. The van der Waals surface area contributed by atoms with Crippen molar-refractivity contribution in [3.05, 3.63) is 59.7 Å². The minimum absolute atomic E-state index is 0.0347. The lowest BCUT2D eigenvalue weighted by Crippen LogP contribution is -2.33. The molecule has 5 nitrogen and oxygen atoms in total. The maximum Gasteiger partial charge on any atom is 0.321 e. The van der Waals surface area contributed by atoms with Crippen molar-refractivity contribution in [2.45, 2.75) is 18.0 Å². The molecule has 24 heavy (non-hydrogen) atoms. The molecule has 0 aromatic heterocycles. The summed E-state index contributed by atoms with van der Waals surface area (Å²) in [5.74, 6) is 1.30. The van der Waals surface area contributed by atoms with Crippen LogP contribution in [-0.4, -0.2) is 30.0 Å². The second kappa shape index (κ2) is 7.59. The average molecular weight is 345 g/mol. The number of hydrogen-bond acceptors (Lipinski definition) is 5. The van der Waals surface area contributed by atoms with Gasteiger partial charge in [-0.2, -0.15) is 0 Å². The van der Waals surface area contributed by atoms with Gasteiger partial charge in [0.2, 0.25) is 0 Å². The van der Waals surface area contributed by atoms with Crippen LogP contribution in [-0.2, 0) is 11.4 Å². The number of nitrogens with one attached hydrogen (secondary N) is 1. The van der Waals surface area contributed by atoms with E-state index in [2.05, 4.69) is 5.32 Å². The third-order valence-electron chi connectivity index (χ3n) is 3.82. The number of aliphatic carboxylic acids is 1. The predicted octanol–water partition coefficient (Wildman–Crippen LogP) is 3.06. The van der Waals surface area contributed by atoms with Gasteiger partial charge in [0.25, 0.3) is 0 Å². The van der Waals surface area contributed by atoms with Gasteiger partial charge in [0.1, 0.15) is 24.1 Å². The Morgan fingerprint density at radius 3 is 2.75 bits per heavy atom. The first kappa shape index (κ1) is 16.7. The summed E-state index contributed by atoms with van der Waals surface area (Å²) >= 11 is 1.59. The van der Waals surface area contributed by atoms with Crippen molar-refractivity contribution in [3.8, 4) is 11.5 Å². The van der Waals surface area contributed by atoms with Crippen molar-refractivity contribution in [3.63, 3.8) is 0 Å². The molecule has 2 N–H and O–H groups in total. The fourth-order valence-corrected chi connectivity index (χ4v) is 3.78. The zero-order valence-corrected chi connectivity index (χ0v) is 14.1. The van der Waals surface area contributed by atoms with E-state index in [4.69, 9.17) is 14.6 Å². The Bertz CT molecular complexity index is 707. The summed E-state index contributed by atoms with van der Waals surface area (Å²) in [6, 6.07) is 15.0. The molecule has 0 amide bonds. The van der Waals surface area contributed by atoms with E-state index in [0.717, 1.165) is 22.6 Å². The van der Waals surface area contributed by atoms with Crippen LogP contribution in [0.2, 0.25) is 0 Å². The fraction of sp³-hybridized carbons (Fsp3) is 0.278. The quantitative estimate of drug-likeness (QED) is 0.839. The highest BCUT2D eigenvalue weighted by atomic mass is 32.2. The Labute approximate surface area is 145 Å². The van der Waals surface area contributed by atoms with Crippen molar-refractivity contribution >= 4 is 17.7 Å². The number of methoxy groups -OCH3 is 1. The molecule has 0 saturated carbocycles. The van der Waals surface area contributed by atoms with Crippen LogP contribution in [0.15, 0.2) is 48.5 Å². The number of carboxylic acids is 1. The van der Waals surface area contributed by atoms with Crippen LogP contribution in [0, 0.1) is 0 Å². The molecule has 0 unspecified atom stereocenters. The molecule has 2 aromatic rings. The highest BCUT2D eigenvalue weighted by Crippen LogP contribution is 2.35. The molecule has 0 radical (unpaired) electrons. The molecule has 2 aromatic carbocycles. The molecular weight excluding hydrogens is 326 g/mol. The summed E-state index contributed by atoms with van der Waals surface area (Å²) in [4.78, 5) is 11.1. The average Bonchev–Trinajstić information content (AvgIpc) is 3.11. The zero-order valence-electron chi connectivity index (χ0n) is 13.3. The van der Waals surface area contributed by atoms with Crippen LogP contribution >= 0.6 is 11.8 Å². The first-order valence-corrected chi connectivity index (χ1v) is 8.67. The van der Waals surface area contributed by atoms with Gasteiger partial charge in [-0.05, 0) is 29.8 Å². The second-order valence-corrected chi connectivity index (χ2v) is 6.58. The van der Waals surface area contributed by atoms with Crippen molar-refractivity contribution in [1.29, 1.82) is 0 Å². The summed E-state index contributed by atoms with van der Waals surface area (Å²) < 4.78 is 11.2. The number of hydrogen-bond donors (Lipinski definition) is 2. The molecule has 0 bridgehead atoms. The van der Waals surface area contributed by atoms with E-state index in [9.17, 15) is 4.79 Å². The number of carbonyl (C=O) groups is 1. The van der Waals surface area contributed by atoms with Crippen LogP contribution in [0.4, 0.5) is 0 Å². The lowest BCUT2D eigenvalue weighted by atomic mass is 10.1. The topological polar surface area (TPSA) is 67.8 Å². The van der Waals surface area contributed by atoms with Gasteiger partial charge >= 0.3 is 5.97 Å². The first-order chi connectivity index (χ1) is 11.7. The minimum atomic E-state index is -0.814. The maximum absolute atomic E-state index is 11.1. The van der Waals surface area contributed by atoms with Gasteiger partial charge in [0, 0.05) is 11.3 Å². The van der Waals surface area contributed by atoms with Gasteiger partial charge in [0.15, 0.2) is 0 Å². The number of ether oxygens (including phenoxy) is 2. The van der Waals surface area contributed by atoms with Crippen LogP contribution < -0.4 is 14.8 Å². The predicted molar refractivity (Wildman–Crippen MR) is 93.5 cm³/mol. The summed E-state index contributed by atoms with van der Waals surface area (Å²) in [5.41, 5.74) is 1.95. The lowest BCUT2D eigenvalue weighted by Gasteiger charge is -2.16. The molecular formula is C18H19NO4S. The van der Waals surface area contributed by atoms with E-state index in [0.29, 0.717) is 12.4 Å². The van der Waals surface area contributed by atoms with Crippen LogP contribution in [0.25, 0.3) is 0 Å². The Balaban J connectivity index is 1.74. The number of thioether (sulfide) groups is 1. The molecule has 0 spiro atoms. The van der Waals surface area contributed by atoms with Crippen molar-refractivity contribution in [2.75, 3.05) is 12.9 Å². The van der Waals surface area contributed by atoms with E-state index >= 15 is 0 Å². The molecule has 126 valence electrons. The molecule has 1 saturated heterocycles. The third-order valence-corrected chi connectivity index (χ3v) is 5.09. The van der Waals surface area contributed by atoms with Crippen LogP contribution in [0.1, 0.15) is 16.5 Å². The van der Waals surface area contributed by atoms with E-state index < -0.39 is 12.0 Å². The molecule has 1 aliphatic heterocycles. The van der Waals surface area contributed by atoms with Gasteiger partial charge in [0.05, 0.1) is 12.5 Å². The van der Waals surface area contributed by atoms with E-state index in [-0.39, 0.29) is 5.37 Å². The first-order valence-electron chi connectivity index (χ1n) is 7.62. The second-order valence-electron chi connectivity index (χ2n) is 5.44. The Hall–Kier alpha value is -2.18. The monoisotopic (exact) mass is 345 g/mol. The number of para-hydroxylation sites is 1. The van der Waals surface area contributed by atoms with Gasteiger partial charge in [-0.15, -0.1) is 11.8 Å². The van der Waals surface area contributed by atoms with E-state index in [1.54, 1.807) is 18.9 Å². The lowest BCUT2D eigenvalue weighted by molar-refractivity contribution is -0.138. The number of benzene rings is 2. The zero-order chi connectivity index (χ0) is 16.9. The Morgan fingerprint density at radius 2 is 2.08 bits per heavy atom. The van der Waals surface area contributed by atoms with Crippen molar-refractivity contribution in [1.82, 2.24) is 5.32 Å². The van der Waals surface area contributed by atoms with Gasteiger partial charge in [-0.1, -0.05) is 24.3 Å². The fourth-order valence-electron chi connectivity index (χ4n) is 2.56.